The minimum atomic E-state index is -0.147. The summed E-state index contributed by atoms with van der Waals surface area (Å²) in [7, 11) is 0. The third-order valence-corrected chi connectivity index (χ3v) is 5.94. The number of nitrogens with zero attached hydrogens (tertiary/aromatic N) is 1. The average molecular weight is 404 g/mol. The summed E-state index contributed by atoms with van der Waals surface area (Å²) in [6, 6.07) is 20.2. The molecule has 2 atom stereocenters. The number of nitrogens with one attached hydrogen (secondary N) is 2. The number of likely N-dealkylation sites (tertiary alicyclic amines) is 1. The monoisotopic (exact) mass is 403 g/mol. The number of aromatic nitrogens is 1. The van der Waals surface area contributed by atoms with E-state index in [1.807, 2.05) is 53.4 Å². The average Bonchev–Trinajstić information content (AvgIpc) is 3.22. The number of carbonyl (C=O) groups excluding carboxylic acids is 2. The second-order valence-electron chi connectivity index (χ2n) is 8.29. The molecule has 156 valence electrons. The van der Waals surface area contributed by atoms with Gasteiger partial charge in [0.15, 0.2) is 0 Å². The lowest BCUT2D eigenvalue weighted by Gasteiger charge is -2.32. The summed E-state index contributed by atoms with van der Waals surface area (Å²) in [5.74, 6) is -0.114. The van der Waals surface area contributed by atoms with Gasteiger partial charge in [0.1, 0.15) is 5.69 Å². The largest absolute Gasteiger partial charge is 0.353 e. The van der Waals surface area contributed by atoms with Gasteiger partial charge < -0.3 is 15.2 Å². The highest BCUT2D eigenvalue weighted by Crippen LogP contribution is 2.21. The molecule has 0 radical (unpaired) electrons. The van der Waals surface area contributed by atoms with Gasteiger partial charge in [-0.25, -0.2) is 0 Å². The third kappa shape index (κ3) is 4.73. The molecule has 1 fully saturated rings. The summed E-state index contributed by atoms with van der Waals surface area (Å²) in [6.45, 7) is 3.23. The van der Waals surface area contributed by atoms with Crippen LogP contribution in [-0.2, 0) is 11.2 Å². The number of hydrogen-bond acceptors (Lipinski definition) is 2. The summed E-state index contributed by atoms with van der Waals surface area (Å²) in [5.41, 5.74) is 2.83. The van der Waals surface area contributed by atoms with Crippen LogP contribution in [0.15, 0.2) is 60.7 Å². The molecule has 0 bridgehead atoms. The number of piperidine rings is 1. The predicted molar refractivity (Wildman–Crippen MR) is 119 cm³/mol. The standard InChI is InChI=1S/C25H29N3O2/c1-18(13-14-19-8-3-2-4-9-19)26-24(29)21-11-7-15-28(17-21)25(30)23-16-20-10-5-6-12-22(20)27-23/h2-6,8-10,12,16,18,21,27H,7,11,13-15,17H2,1H3,(H,26,29)/t18-,21+/m0/s1. The molecule has 0 unspecified atom stereocenters. The number of carbonyl (C=O) groups is 2. The maximum Gasteiger partial charge on any atom is 0.270 e. The van der Waals surface area contributed by atoms with Crippen molar-refractivity contribution in [3.05, 3.63) is 71.9 Å². The first-order chi connectivity index (χ1) is 14.6. The summed E-state index contributed by atoms with van der Waals surface area (Å²) >= 11 is 0. The number of hydrogen-bond donors (Lipinski definition) is 2. The molecule has 1 aromatic heterocycles. The zero-order valence-corrected chi connectivity index (χ0v) is 17.4. The van der Waals surface area contributed by atoms with E-state index in [1.165, 1.54) is 5.56 Å². The number of fused-ring (bicyclic) bond motifs is 1. The molecule has 2 N–H and O–H groups in total. The van der Waals surface area contributed by atoms with Crippen molar-refractivity contribution in [1.82, 2.24) is 15.2 Å². The van der Waals surface area contributed by atoms with Crippen molar-refractivity contribution in [2.75, 3.05) is 13.1 Å². The van der Waals surface area contributed by atoms with E-state index >= 15 is 0 Å². The molecule has 2 amide bonds. The van der Waals surface area contributed by atoms with Crippen LogP contribution < -0.4 is 5.32 Å². The smallest absolute Gasteiger partial charge is 0.270 e. The molecule has 30 heavy (non-hydrogen) atoms. The van der Waals surface area contributed by atoms with E-state index in [9.17, 15) is 9.59 Å². The number of aromatic amines is 1. The van der Waals surface area contributed by atoms with Crippen molar-refractivity contribution in [2.45, 2.75) is 38.6 Å². The van der Waals surface area contributed by atoms with Crippen molar-refractivity contribution >= 4 is 22.7 Å². The Labute approximate surface area is 177 Å². The van der Waals surface area contributed by atoms with Gasteiger partial charge in [-0.3, -0.25) is 9.59 Å². The van der Waals surface area contributed by atoms with Crippen LogP contribution in [-0.4, -0.2) is 40.8 Å². The second kappa shape index (κ2) is 9.16. The number of para-hydroxylation sites is 1. The minimum Gasteiger partial charge on any atom is -0.353 e. The molecule has 0 saturated carbocycles. The Balaban J connectivity index is 1.32. The molecule has 0 spiro atoms. The van der Waals surface area contributed by atoms with Crippen LogP contribution in [0.5, 0.6) is 0 Å². The summed E-state index contributed by atoms with van der Waals surface area (Å²) < 4.78 is 0. The lowest BCUT2D eigenvalue weighted by molar-refractivity contribution is -0.127. The van der Waals surface area contributed by atoms with E-state index in [2.05, 4.69) is 29.4 Å². The molecule has 5 heteroatoms. The third-order valence-electron chi connectivity index (χ3n) is 5.94. The van der Waals surface area contributed by atoms with Crippen LogP contribution in [0, 0.1) is 5.92 Å². The number of H-pyrrole nitrogens is 1. The first-order valence-corrected chi connectivity index (χ1v) is 10.8. The van der Waals surface area contributed by atoms with E-state index in [4.69, 9.17) is 0 Å². The van der Waals surface area contributed by atoms with Gasteiger partial charge in [-0.15, -0.1) is 0 Å². The number of amides is 2. The highest BCUT2D eigenvalue weighted by Gasteiger charge is 2.30. The van der Waals surface area contributed by atoms with Gasteiger partial charge in [-0.05, 0) is 50.3 Å². The number of aryl methyl sites for hydroxylation is 1. The maximum absolute atomic E-state index is 13.0. The predicted octanol–water partition coefficient (Wildman–Crippen LogP) is 4.16. The fourth-order valence-corrected chi connectivity index (χ4v) is 4.20. The Morgan fingerprint density at radius 1 is 1.13 bits per heavy atom. The fraction of sp³-hybridized carbons (Fsp3) is 0.360. The van der Waals surface area contributed by atoms with Gasteiger partial charge in [0, 0.05) is 30.0 Å². The van der Waals surface area contributed by atoms with Crippen LogP contribution in [0.2, 0.25) is 0 Å². The molecule has 1 aliphatic rings. The molecular weight excluding hydrogens is 374 g/mol. The minimum absolute atomic E-state index is 0.0270. The lowest BCUT2D eigenvalue weighted by Crippen LogP contribution is -2.47. The van der Waals surface area contributed by atoms with Crippen LogP contribution in [0.25, 0.3) is 10.9 Å². The van der Waals surface area contributed by atoms with Crippen molar-refractivity contribution in [2.24, 2.45) is 5.92 Å². The van der Waals surface area contributed by atoms with E-state index in [0.29, 0.717) is 18.8 Å². The van der Waals surface area contributed by atoms with Crippen molar-refractivity contribution in [3.8, 4) is 0 Å². The van der Waals surface area contributed by atoms with E-state index in [-0.39, 0.29) is 23.8 Å². The topological polar surface area (TPSA) is 65.2 Å². The van der Waals surface area contributed by atoms with Crippen LogP contribution in [0.1, 0.15) is 42.2 Å². The van der Waals surface area contributed by atoms with Gasteiger partial charge in [-0.1, -0.05) is 48.5 Å². The van der Waals surface area contributed by atoms with Gasteiger partial charge in [0.2, 0.25) is 5.91 Å². The summed E-state index contributed by atoms with van der Waals surface area (Å²) in [4.78, 5) is 30.8. The Morgan fingerprint density at radius 3 is 2.70 bits per heavy atom. The molecule has 3 aromatic rings. The fourth-order valence-electron chi connectivity index (χ4n) is 4.20. The molecule has 2 aromatic carbocycles. The van der Waals surface area contributed by atoms with Crippen LogP contribution >= 0.6 is 0 Å². The van der Waals surface area contributed by atoms with E-state index in [1.54, 1.807) is 0 Å². The summed E-state index contributed by atoms with van der Waals surface area (Å²) in [6.07, 6.45) is 3.52. The lowest BCUT2D eigenvalue weighted by atomic mass is 9.96. The highest BCUT2D eigenvalue weighted by molar-refractivity contribution is 5.98. The van der Waals surface area contributed by atoms with Crippen molar-refractivity contribution in [3.63, 3.8) is 0 Å². The molecular formula is C25H29N3O2. The van der Waals surface area contributed by atoms with Crippen molar-refractivity contribution in [1.29, 1.82) is 0 Å². The first-order valence-electron chi connectivity index (χ1n) is 10.8. The van der Waals surface area contributed by atoms with Gasteiger partial charge in [-0.2, -0.15) is 0 Å². The molecule has 0 aliphatic carbocycles. The Hall–Kier alpha value is -3.08. The first kappa shape index (κ1) is 20.2. The molecule has 5 nitrogen and oxygen atoms in total. The molecule has 4 rings (SSSR count). The SMILES string of the molecule is C[C@@H](CCc1ccccc1)NC(=O)[C@@H]1CCCN(C(=O)c2cc3ccccc3[nH]2)C1. The summed E-state index contributed by atoms with van der Waals surface area (Å²) in [5, 5.41) is 4.18. The van der Waals surface area contributed by atoms with Crippen LogP contribution in [0.3, 0.4) is 0 Å². The molecule has 1 aliphatic heterocycles. The van der Waals surface area contributed by atoms with Gasteiger partial charge in [0.25, 0.3) is 5.91 Å². The Morgan fingerprint density at radius 2 is 1.90 bits per heavy atom. The number of benzene rings is 2. The molecule has 2 heterocycles. The maximum atomic E-state index is 13.0. The van der Waals surface area contributed by atoms with Gasteiger partial charge >= 0.3 is 0 Å². The van der Waals surface area contributed by atoms with Crippen LogP contribution in [0.4, 0.5) is 0 Å². The quantitative estimate of drug-likeness (QED) is 0.649. The number of rotatable bonds is 6. The van der Waals surface area contributed by atoms with Crippen molar-refractivity contribution < 1.29 is 9.59 Å². The zero-order chi connectivity index (χ0) is 20.9. The highest BCUT2D eigenvalue weighted by atomic mass is 16.2. The second-order valence-corrected chi connectivity index (χ2v) is 8.29. The Bertz CT molecular complexity index is 978. The van der Waals surface area contributed by atoms with Gasteiger partial charge in [0.05, 0.1) is 5.92 Å². The van der Waals surface area contributed by atoms with E-state index in [0.717, 1.165) is 36.6 Å². The Kier molecular flexibility index (Phi) is 6.17. The zero-order valence-electron chi connectivity index (χ0n) is 17.4. The van der Waals surface area contributed by atoms with E-state index < -0.39 is 0 Å². The normalized spacial score (nSPS) is 17.6. The molecule has 1 saturated heterocycles.